The van der Waals surface area contributed by atoms with E-state index < -0.39 is 12.0 Å². The van der Waals surface area contributed by atoms with Gasteiger partial charge in [-0.1, -0.05) is 0 Å². The maximum Gasteiger partial charge on any atom is 2.00 e. The molecule has 1 atom stereocenters. The van der Waals surface area contributed by atoms with Gasteiger partial charge in [0.1, 0.15) is 6.04 Å². The van der Waals surface area contributed by atoms with Crippen molar-refractivity contribution in [2.24, 2.45) is 5.73 Å². The summed E-state index contributed by atoms with van der Waals surface area (Å²) in [5.41, 5.74) is 5.19. The Kier molecular flexibility index (Phi) is 11.6. The number of rotatable bonds is 4. The van der Waals surface area contributed by atoms with Crippen LogP contribution in [0.2, 0.25) is 0 Å². The first-order chi connectivity index (χ1) is 4.18. The van der Waals surface area contributed by atoms with E-state index >= 15 is 0 Å². The quantitative estimate of drug-likeness (QED) is 0.677. The van der Waals surface area contributed by atoms with Gasteiger partial charge in [-0.05, 0) is 18.4 Å². The van der Waals surface area contributed by atoms with Crippen molar-refractivity contribution in [1.29, 1.82) is 0 Å². The standard InChI is InChI=1S/C5H11NO2S.Sr.2H/c1-9-3-2-4(6)5(7)8;;;/h4H,2-3,6H2,1H3,(H,7,8);;;/q;+2;2*-1. The zero-order valence-corrected chi connectivity index (χ0v) is 10.3. The van der Waals surface area contributed by atoms with Crippen LogP contribution in [0.5, 0.6) is 0 Å². The molecule has 0 aliphatic rings. The zero-order valence-electron chi connectivity index (χ0n) is 8.04. The summed E-state index contributed by atoms with van der Waals surface area (Å²) in [7, 11) is 0. The second-order valence-electron chi connectivity index (χ2n) is 1.73. The Morgan fingerprint density at radius 2 is 2.40 bits per heavy atom. The van der Waals surface area contributed by atoms with E-state index in [0.29, 0.717) is 6.42 Å². The van der Waals surface area contributed by atoms with E-state index in [1.54, 1.807) is 11.8 Å². The summed E-state index contributed by atoms with van der Waals surface area (Å²) in [6.45, 7) is 0. The Hall–Kier alpha value is 1.26. The van der Waals surface area contributed by atoms with Crippen molar-refractivity contribution in [1.82, 2.24) is 0 Å². The third kappa shape index (κ3) is 7.37. The maximum absolute atomic E-state index is 10.1. The maximum atomic E-state index is 10.1. The third-order valence-electron chi connectivity index (χ3n) is 0.950. The fourth-order valence-electron chi connectivity index (χ4n) is 0.368. The van der Waals surface area contributed by atoms with E-state index in [2.05, 4.69) is 0 Å². The number of carboxylic acids is 1. The van der Waals surface area contributed by atoms with E-state index in [0.717, 1.165) is 5.75 Å². The molecular formula is C5H13NO2SSr. The van der Waals surface area contributed by atoms with Crippen molar-refractivity contribution in [3.63, 3.8) is 0 Å². The molecule has 58 valence electrons. The molecule has 0 radical (unpaired) electrons. The van der Waals surface area contributed by atoms with Gasteiger partial charge < -0.3 is 13.7 Å². The summed E-state index contributed by atoms with van der Waals surface area (Å²) in [4.78, 5) is 10.1. The molecule has 0 bridgehead atoms. The molecule has 3 N–H and O–H groups in total. The Balaban J connectivity index is -0.000000107. The molecule has 5 heteroatoms. The summed E-state index contributed by atoms with van der Waals surface area (Å²) in [5.74, 6) is -0.1000. The number of nitrogens with two attached hydrogens (primary N) is 1. The van der Waals surface area contributed by atoms with Gasteiger partial charge in [0.15, 0.2) is 0 Å². The Morgan fingerprint density at radius 3 is 2.70 bits per heavy atom. The van der Waals surface area contributed by atoms with Crippen molar-refractivity contribution in [3.8, 4) is 0 Å². The molecule has 0 aromatic carbocycles. The number of carboxylic acid groups (broad SMARTS) is 1. The number of aliphatic carboxylic acids is 1. The van der Waals surface area contributed by atoms with Crippen LogP contribution in [0, 0.1) is 0 Å². The van der Waals surface area contributed by atoms with Crippen LogP contribution in [0.4, 0.5) is 0 Å². The molecule has 0 aliphatic carbocycles. The normalized spacial score (nSPS) is 11.8. The molecule has 10 heavy (non-hydrogen) atoms. The minimum absolute atomic E-state index is 0. The molecule has 0 aromatic heterocycles. The predicted octanol–water partition coefficient (Wildman–Crippen LogP) is -0.00440. The Morgan fingerprint density at radius 1 is 1.90 bits per heavy atom. The van der Waals surface area contributed by atoms with E-state index in [4.69, 9.17) is 10.8 Å². The fraction of sp³-hybridized carbons (Fsp3) is 0.800. The topological polar surface area (TPSA) is 63.3 Å². The van der Waals surface area contributed by atoms with Crippen LogP contribution in [0.3, 0.4) is 0 Å². The van der Waals surface area contributed by atoms with Gasteiger partial charge in [-0.3, -0.25) is 4.79 Å². The van der Waals surface area contributed by atoms with Gasteiger partial charge in [0.25, 0.3) is 0 Å². The van der Waals surface area contributed by atoms with E-state index in [9.17, 15) is 4.79 Å². The van der Waals surface area contributed by atoms with E-state index in [1.165, 1.54) is 0 Å². The summed E-state index contributed by atoms with van der Waals surface area (Å²) >= 11 is 1.60. The summed E-state index contributed by atoms with van der Waals surface area (Å²) in [5, 5.41) is 8.27. The SMILES string of the molecule is CSCCC(N)C(=O)O.[H-].[H-].[Sr+2]. The molecule has 0 fully saturated rings. The second kappa shape index (κ2) is 8.36. The molecule has 0 amide bonds. The molecule has 0 saturated heterocycles. The summed E-state index contributed by atoms with van der Waals surface area (Å²) in [6, 6.07) is -0.683. The average molecular weight is 239 g/mol. The zero-order chi connectivity index (χ0) is 7.28. The number of hydrogen-bond donors (Lipinski definition) is 2. The minimum atomic E-state index is -0.913. The van der Waals surface area contributed by atoms with Crippen LogP contribution in [0.1, 0.15) is 9.27 Å². The van der Waals surface area contributed by atoms with Gasteiger partial charge in [0.2, 0.25) is 0 Å². The molecule has 0 rings (SSSR count). The number of carbonyl (C=O) groups is 1. The first-order valence-corrected chi connectivity index (χ1v) is 4.05. The van der Waals surface area contributed by atoms with Gasteiger partial charge >= 0.3 is 51.5 Å². The van der Waals surface area contributed by atoms with Gasteiger partial charge in [-0.2, -0.15) is 11.8 Å². The van der Waals surface area contributed by atoms with E-state index in [1.807, 2.05) is 6.26 Å². The molecule has 0 saturated carbocycles. The molecule has 3 nitrogen and oxygen atoms in total. The summed E-state index contributed by atoms with van der Waals surface area (Å²) < 4.78 is 0. The van der Waals surface area contributed by atoms with Crippen LogP contribution in [-0.2, 0) is 4.79 Å². The van der Waals surface area contributed by atoms with Crippen LogP contribution < -0.4 is 5.73 Å². The number of hydrogen-bond acceptors (Lipinski definition) is 3. The Labute approximate surface area is 105 Å². The van der Waals surface area contributed by atoms with Gasteiger partial charge in [-0.15, -0.1) is 0 Å². The minimum Gasteiger partial charge on any atom is -1.00 e. The summed E-state index contributed by atoms with van der Waals surface area (Å²) in [6.07, 6.45) is 2.48. The van der Waals surface area contributed by atoms with Crippen LogP contribution in [-0.4, -0.2) is 74.6 Å². The van der Waals surface area contributed by atoms with Crippen molar-refractivity contribution in [2.75, 3.05) is 12.0 Å². The molecule has 0 aliphatic heterocycles. The third-order valence-corrected chi connectivity index (χ3v) is 1.59. The first-order valence-electron chi connectivity index (χ1n) is 2.65. The Bertz CT molecular complexity index is 109. The molecule has 0 heterocycles. The van der Waals surface area contributed by atoms with Crippen molar-refractivity contribution in [2.45, 2.75) is 12.5 Å². The molecule has 0 aromatic rings. The van der Waals surface area contributed by atoms with E-state index in [-0.39, 0.29) is 48.3 Å². The van der Waals surface area contributed by atoms with Crippen LogP contribution in [0.15, 0.2) is 0 Å². The van der Waals surface area contributed by atoms with Crippen LogP contribution in [0.25, 0.3) is 0 Å². The van der Waals surface area contributed by atoms with Crippen molar-refractivity contribution >= 4 is 63.2 Å². The second-order valence-corrected chi connectivity index (χ2v) is 2.71. The predicted molar refractivity (Wildman–Crippen MR) is 46.6 cm³/mol. The molecule has 0 spiro atoms. The molecular weight excluding hydrogens is 226 g/mol. The smallest absolute Gasteiger partial charge is 1.00 e. The largest absolute Gasteiger partial charge is 2.00 e. The monoisotopic (exact) mass is 239 g/mol. The van der Waals surface area contributed by atoms with Gasteiger partial charge in [0, 0.05) is 0 Å². The average Bonchev–Trinajstić information content (AvgIpc) is 1.82. The van der Waals surface area contributed by atoms with Gasteiger partial charge in [-0.25, -0.2) is 0 Å². The van der Waals surface area contributed by atoms with Crippen molar-refractivity contribution in [3.05, 3.63) is 0 Å². The van der Waals surface area contributed by atoms with Crippen LogP contribution >= 0.6 is 11.8 Å². The van der Waals surface area contributed by atoms with Crippen molar-refractivity contribution < 1.29 is 12.8 Å². The number of thioether (sulfide) groups is 1. The first kappa shape index (κ1) is 13.8. The molecule has 1 unspecified atom stereocenters. The fourth-order valence-corrected chi connectivity index (χ4v) is 0.858. The van der Waals surface area contributed by atoms with Gasteiger partial charge in [0.05, 0.1) is 0 Å².